The van der Waals surface area contributed by atoms with Gasteiger partial charge in [-0.1, -0.05) is 35.5 Å². The number of carbonyl (C=O) groups excluding carboxylic acids is 1. The molecular formula is C14H15N3O2. The lowest BCUT2D eigenvalue weighted by atomic mass is 10.1. The molecule has 2 heterocycles. The number of hydrogen-bond acceptors (Lipinski definition) is 4. The van der Waals surface area contributed by atoms with Gasteiger partial charge in [-0.05, 0) is 25.3 Å². The topological polar surface area (TPSA) is 57.0 Å². The van der Waals surface area contributed by atoms with Crippen molar-refractivity contribution in [3.05, 3.63) is 47.3 Å². The number of hydrogen-bond donors (Lipinski definition) is 0. The van der Waals surface area contributed by atoms with E-state index < -0.39 is 0 Å². The maximum atomic E-state index is 11.8. The first-order valence-electron chi connectivity index (χ1n) is 6.47. The van der Waals surface area contributed by atoms with E-state index in [4.69, 9.17) is 4.74 Å². The minimum Gasteiger partial charge on any atom is -0.461 e. The van der Waals surface area contributed by atoms with Gasteiger partial charge in [0.25, 0.3) is 0 Å². The predicted octanol–water partition coefficient (Wildman–Crippen LogP) is 1.99. The van der Waals surface area contributed by atoms with Gasteiger partial charge in [-0.25, -0.2) is 9.48 Å². The zero-order valence-electron chi connectivity index (χ0n) is 10.7. The SMILES string of the molecule is CCOC(=O)c1nnn2c1CCC2c1ccccc1. The number of fused-ring (bicyclic) bond motifs is 1. The molecule has 1 atom stereocenters. The van der Waals surface area contributed by atoms with E-state index in [2.05, 4.69) is 22.4 Å². The van der Waals surface area contributed by atoms with Crippen LogP contribution in [0.25, 0.3) is 0 Å². The van der Waals surface area contributed by atoms with Crippen LogP contribution in [0.2, 0.25) is 0 Å². The fourth-order valence-corrected chi connectivity index (χ4v) is 2.53. The molecule has 5 heteroatoms. The van der Waals surface area contributed by atoms with E-state index in [9.17, 15) is 4.79 Å². The van der Waals surface area contributed by atoms with Gasteiger partial charge in [-0.3, -0.25) is 0 Å². The molecule has 5 nitrogen and oxygen atoms in total. The highest BCUT2D eigenvalue weighted by molar-refractivity contribution is 5.88. The number of nitrogens with zero attached hydrogens (tertiary/aromatic N) is 3. The van der Waals surface area contributed by atoms with Crippen LogP contribution in [0.3, 0.4) is 0 Å². The molecule has 0 saturated carbocycles. The van der Waals surface area contributed by atoms with Crippen molar-refractivity contribution < 1.29 is 9.53 Å². The second-order valence-corrected chi connectivity index (χ2v) is 4.51. The van der Waals surface area contributed by atoms with Crippen LogP contribution in [-0.2, 0) is 11.2 Å². The van der Waals surface area contributed by atoms with Crippen molar-refractivity contribution in [1.29, 1.82) is 0 Å². The highest BCUT2D eigenvalue weighted by atomic mass is 16.5. The number of benzene rings is 1. The van der Waals surface area contributed by atoms with Crippen LogP contribution >= 0.6 is 0 Å². The van der Waals surface area contributed by atoms with E-state index in [1.165, 1.54) is 5.56 Å². The van der Waals surface area contributed by atoms with E-state index in [0.717, 1.165) is 18.5 Å². The van der Waals surface area contributed by atoms with Crippen LogP contribution < -0.4 is 0 Å². The minimum atomic E-state index is -0.377. The third-order valence-corrected chi connectivity index (χ3v) is 3.39. The summed E-state index contributed by atoms with van der Waals surface area (Å²) in [6, 6.07) is 10.3. The van der Waals surface area contributed by atoms with Gasteiger partial charge < -0.3 is 4.74 Å². The first-order valence-corrected chi connectivity index (χ1v) is 6.47. The zero-order chi connectivity index (χ0) is 13.2. The summed E-state index contributed by atoms with van der Waals surface area (Å²) < 4.78 is 6.85. The summed E-state index contributed by atoms with van der Waals surface area (Å²) in [4.78, 5) is 11.8. The Morgan fingerprint density at radius 2 is 2.21 bits per heavy atom. The minimum absolute atomic E-state index is 0.173. The van der Waals surface area contributed by atoms with Gasteiger partial charge >= 0.3 is 5.97 Å². The Morgan fingerprint density at radius 3 is 2.95 bits per heavy atom. The third-order valence-electron chi connectivity index (χ3n) is 3.39. The highest BCUT2D eigenvalue weighted by Gasteiger charge is 2.31. The molecule has 0 bridgehead atoms. The molecule has 1 aliphatic heterocycles. The fraction of sp³-hybridized carbons (Fsp3) is 0.357. The fourth-order valence-electron chi connectivity index (χ4n) is 2.53. The molecule has 98 valence electrons. The second kappa shape index (κ2) is 4.84. The van der Waals surface area contributed by atoms with E-state index in [-0.39, 0.29) is 12.0 Å². The van der Waals surface area contributed by atoms with Crippen LogP contribution in [0.1, 0.15) is 41.1 Å². The maximum absolute atomic E-state index is 11.8. The van der Waals surface area contributed by atoms with Crippen LogP contribution in [-0.4, -0.2) is 27.6 Å². The second-order valence-electron chi connectivity index (χ2n) is 4.51. The van der Waals surface area contributed by atoms with Gasteiger partial charge in [0.1, 0.15) is 0 Å². The average molecular weight is 257 g/mol. The normalized spacial score (nSPS) is 17.2. The van der Waals surface area contributed by atoms with E-state index in [1.54, 1.807) is 6.92 Å². The molecule has 0 radical (unpaired) electrons. The molecule has 0 saturated heterocycles. The maximum Gasteiger partial charge on any atom is 0.360 e. The van der Waals surface area contributed by atoms with Crippen molar-refractivity contribution in [1.82, 2.24) is 15.0 Å². The summed E-state index contributed by atoms with van der Waals surface area (Å²) in [6.45, 7) is 2.14. The molecule has 0 N–H and O–H groups in total. The molecule has 0 aliphatic carbocycles. The lowest BCUT2D eigenvalue weighted by Crippen LogP contribution is -2.08. The molecule has 1 unspecified atom stereocenters. The highest BCUT2D eigenvalue weighted by Crippen LogP contribution is 2.31. The van der Waals surface area contributed by atoms with Crippen LogP contribution in [0.5, 0.6) is 0 Å². The number of aromatic nitrogens is 3. The van der Waals surface area contributed by atoms with Gasteiger partial charge in [-0.15, -0.1) is 5.10 Å². The first-order chi connectivity index (χ1) is 9.31. The van der Waals surface area contributed by atoms with Gasteiger partial charge in [0.15, 0.2) is 5.69 Å². The zero-order valence-corrected chi connectivity index (χ0v) is 10.7. The average Bonchev–Trinajstić information content (AvgIpc) is 3.00. The summed E-state index contributed by atoms with van der Waals surface area (Å²) in [6.07, 6.45) is 1.75. The summed E-state index contributed by atoms with van der Waals surface area (Å²) >= 11 is 0. The molecule has 3 rings (SSSR count). The van der Waals surface area contributed by atoms with Crippen LogP contribution in [0.4, 0.5) is 0 Å². The van der Waals surface area contributed by atoms with Crippen LogP contribution in [0.15, 0.2) is 30.3 Å². The molecule has 0 fully saturated rings. The van der Waals surface area contributed by atoms with E-state index in [1.807, 2.05) is 22.9 Å². The monoisotopic (exact) mass is 257 g/mol. The molecule has 0 amide bonds. The molecule has 1 aliphatic rings. The van der Waals surface area contributed by atoms with Crippen molar-refractivity contribution in [2.24, 2.45) is 0 Å². The Balaban J connectivity index is 1.93. The van der Waals surface area contributed by atoms with Crippen LogP contribution in [0, 0.1) is 0 Å². The molecule has 1 aromatic carbocycles. The van der Waals surface area contributed by atoms with Crippen molar-refractivity contribution in [3.8, 4) is 0 Å². The van der Waals surface area contributed by atoms with Gasteiger partial charge in [0.05, 0.1) is 18.3 Å². The van der Waals surface area contributed by atoms with Crippen molar-refractivity contribution in [2.45, 2.75) is 25.8 Å². The standard InChI is InChI=1S/C14H15N3O2/c1-2-19-14(18)13-12-9-8-11(17(12)16-15-13)10-6-4-3-5-7-10/h3-7,11H,2,8-9H2,1H3. The molecule has 0 spiro atoms. The summed E-state index contributed by atoms with van der Waals surface area (Å²) in [5.74, 6) is -0.377. The quantitative estimate of drug-likeness (QED) is 0.789. The number of rotatable bonds is 3. The Bertz CT molecular complexity index is 592. The largest absolute Gasteiger partial charge is 0.461 e. The Labute approximate surface area is 111 Å². The lowest BCUT2D eigenvalue weighted by Gasteiger charge is -2.10. The molecule has 1 aromatic heterocycles. The van der Waals surface area contributed by atoms with Gasteiger partial charge in [0.2, 0.25) is 0 Å². The molecular weight excluding hydrogens is 242 g/mol. The van der Waals surface area contributed by atoms with Crippen molar-refractivity contribution >= 4 is 5.97 Å². The first kappa shape index (κ1) is 11.9. The van der Waals surface area contributed by atoms with E-state index in [0.29, 0.717) is 12.3 Å². The molecule has 2 aromatic rings. The Kier molecular flexibility index (Phi) is 3.03. The summed E-state index contributed by atoms with van der Waals surface area (Å²) in [5.41, 5.74) is 2.44. The summed E-state index contributed by atoms with van der Waals surface area (Å²) in [5, 5.41) is 8.09. The Hall–Kier alpha value is -2.17. The van der Waals surface area contributed by atoms with Gasteiger partial charge in [0, 0.05) is 0 Å². The Morgan fingerprint density at radius 1 is 1.42 bits per heavy atom. The smallest absolute Gasteiger partial charge is 0.360 e. The molecule has 19 heavy (non-hydrogen) atoms. The summed E-state index contributed by atoms with van der Waals surface area (Å²) in [7, 11) is 0. The number of esters is 1. The number of ether oxygens (including phenoxy) is 1. The lowest BCUT2D eigenvalue weighted by molar-refractivity contribution is 0.0518. The third kappa shape index (κ3) is 2.01. The van der Waals surface area contributed by atoms with Crippen molar-refractivity contribution in [3.63, 3.8) is 0 Å². The van der Waals surface area contributed by atoms with E-state index >= 15 is 0 Å². The number of carbonyl (C=O) groups is 1. The predicted molar refractivity (Wildman–Crippen MR) is 68.9 cm³/mol. The van der Waals surface area contributed by atoms with Crippen molar-refractivity contribution in [2.75, 3.05) is 6.61 Å². The van der Waals surface area contributed by atoms with Gasteiger partial charge in [-0.2, -0.15) is 0 Å².